The fraction of sp³-hybridized carbons (Fsp3) is 0.304. The fourth-order valence-electron chi connectivity index (χ4n) is 3.90. The molecule has 7 heteroatoms. The van der Waals surface area contributed by atoms with Gasteiger partial charge in [-0.2, -0.15) is 5.10 Å². The molecule has 7 nitrogen and oxygen atoms in total. The standard InChI is InChI=1S/C23H24N4O3/c1-14-12-19(28)25-26-20(14)15-8-10-16(11-9-15)24-13-23(2,3)27-21(29)17-6-4-5-7-18(17)22(27)30/h4-11,14,24H,12-13H2,1-3H3,(H,25,28). The lowest BCUT2D eigenvalue weighted by Gasteiger charge is -2.34. The van der Waals surface area contributed by atoms with Crippen LogP contribution in [0.25, 0.3) is 0 Å². The summed E-state index contributed by atoms with van der Waals surface area (Å²) < 4.78 is 0. The number of amides is 3. The molecule has 154 valence electrons. The van der Waals surface area contributed by atoms with Crippen LogP contribution in [0, 0.1) is 5.92 Å². The molecule has 2 aromatic carbocycles. The van der Waals surface area contributed by atoms with Gasteiger partial charge in [0.25, 0.3) is 11.8 Å². The average molecular weight is 404 g/mol. The van der Waals surface area contributed by atoms with Gasteiger partial charge in [-0.15, -0.1) is 0 Å². The molecule has 0 saturated heterocycles. The van der Waals surface area contributed by atoms with Crippen molar-refractivity contribution >= 4 is 29.1 Å². The molecule has 4 rings (SSSR count). The van der Waals surface area contributed by atoms with Crippen molar-refractivity contribution in [2.45, 2.75) is 32.7 Å². The maximum atomic E-state index is 12.8. The molecular weight excluding hydrogens is 380 g/mol. The number of rotatable bonds is 5. The van der Waals surface area contributed by atoms with Gasteiger partial charge in [-0.3, -0.25) is 19.3 Å². The van der Waals surface area contributed by atoms with E-state index in [2.05, 4.69) is 15.8 Å². The predicted molar refractivity (Wildman–Crippen MR) is 114 cm³/mol. The zero-order valence-electron chi connectivity index (χ0n) is 17.2. The van der Waals surface area contributed by atoms with Gasteiger partial charge in [-0.25, -0.2) is 5.43 Å². The Kier molecular flexibility index (Phi) is 4.89. The highest BCUT2D eigenvalue weighted by Gasteiger charge is 2.43. The minimum Gasteiger partial charge on any atom is -0.383 e. The van der Waals surface area contributed by atoms with Crippen molar-refractivity contribution in [2.24, 2.45) is 11.0 Å². The van der Waals surface area contributed by atoms with E-state index in [4.69, 9.17) is 0 Å². The van der Waals surface area contributed by atoms with Crippen LogP contribution in [-0.2, 0) is 4.79 Å². The number of fused-ring (bicyclic) bond motifs is 1. The van der Waals surface area contributed by atoms with E-state index in [9.17, 15) is 14.4 Å². The van der Waals surface area contributed by atoms with E-state index in [1.807, 2.05) is 45.0 Å². The normalized spacial score (nSPS) is 18.8. The molecule has 0 spiro atoms. The number of nitrogens with one attached hydrogen (secondary N) is 2. The first kappa shape index (κ1) is 19.8. The molecule has 0 bridgehead atoms. The van der Waals surface area contributed by atoms with Crippen molar-refractivity contribution in [2.75, 3.05) is 11.9 Å². The van der Waals surface area contributed by atoms with Gasteiger partial charge in [0.2, 0.25) is 5.91 Å². The minimum atomic E-state index is -0.710. The number of benzene rings is 2. The van der Waals surface area contributed by atoms with Crippen LogP contribution in [0.5, 0.6) is 0 Å². The summed E-state index contributed by atoms with van der Waals surface area (Å²) in [6.45, 7) is 6.13. The van der Waals surface area contributed by atoms with Crippen LogP contribution in [0.1, 0.15) is 53.5 Å². The SMILES string of the molecule is CC1CC(=O)NN=C1c1ccc(NCC(C)(C)N2C(=O)c3ccccc3C2=O)cc1. The van der Waals surface area contributed by atoms with Gasteiger partial charge < -0.3 is 5.32 Å². The van der Waals surface area contributed by atoms with Crippen LogP contribution in [-0.4, -0.2) is 40.4 Å². The van der Waals surface area contributed by atoms with E-state index in [1.165, 1.54) is 4.90 Å². The summed E-state index contributed by atoms with van der Waals surface area (Å²) in [4.78, 5) is 38.3. The van der Waals surface area contributed by atoms with Gasteiger partial charge in [-0.05, 0) is 43.7 Å². The molecular formula is C23H24N4O3. The molecule has 0 fully saturated rings. The Morgan fingerprint density at radius 1 is 1.03 bits per heavy atom. The number of carbonyl (C=O) groups excluding carboxylic acids is 3. The molecule has 30 heavy (non-hydrogen) atoms. The third-order valence-electron chi connectivity index (χ3n) is 5.56. The van der Waals surface area contributed by atoms with Crippen LogP contribution in [0.4, 0.5) is 5.69 Å². The molecule has 0 aromatic heterocycles. The summed E-state index contributed by atoms with van der Waals surface area (Å²) in [7, 11) is 0. The Morgan fingerprint density at radius 3 is 2.20 bits per heavy atom. The van der Waals surface area contributed by atoms with E-state index in [-0.39, 0.29) is 23.6 Å². The summed E-state index contributed by atoms with van der Waals surface area (Å²) in [6, 6.07) is 14.7. The Morgan fingerprint density at radius 2 is 1.63 bits per heavy atom. The van der Waals surface area contributed by atoms with Gasteiger partial charge in [0.15, 0.2) is 0 Å². The van der Waals surface area contributed by atoms with Crippen molar-refractivity contribution < 1.29 is 14.4 Å². The van der Waals surface area contributed by atoms with Crippen molar-refractivity contribution in [3.63, 3.8) is 0 Å². The molecule has 2 aliphatic rings. The van der Waals surface area contributed by atoms with E-state index in [0.717, 1.165) is 17.0 Å². The Hall–Kier alpha value is -3.48. The lowest BCUT2D eigenvalue weighted by molar-refractivity contribution is -0.121. The van der Waals surface area contributed by atoms with Gasteiger partial charge >= 0.3 is 0 Å². The van der Waals surface area contributed by atoms with Gasteiger partial charge in [-0.1, -0.05) is 31.2 Å². The van der Waals surface area contributed by atoms with Crippen LogP contribution in [0.15, 0.2) is 53.6 Å². The topological polar surface area (TPSA) is 90.9 Å². The smallest absolute Gasteiger partial charge is 0.262 e. The Balaban J connectivity index is 1.45. The number of hydrogen-bond donors (Lipinski definition) is 2. The highest BCUT2D eigenvalue weighted by molar-refractivity contribution is 6.21. The van der Waals surface area contributed by atoms with Crippen molar-refractivity contribution in [3.05, 3.63) is 65.2 Å². The zero-order valence-corrected chi connectivity index (χ0v) is 17.2. The van der Waals surface area contributed by atoms with Crippen molar-refractivity contribution in [1.82, 2.24) is 10.3 Å². The highest BCUT2D eigenvalue weighted by Crippen LogP contribution is 2.29. The maximum absolute atomic E-state index is 12.8. The third kappa shape index (κ3) is 3.47. The molecule has 1 atom stereocenters. The minimum absolute atomic E-state index is 0.0605. The molecule has 0 aliphatic carbocycles. The fourth-order valence-corrected chi connectivity index (χ4v) is 3.90. The second kappa shape index (κ2) is 7.40. The van der Waals surface area contributed by atoms with Crippen molar-refractivity contribution in [1.29, 1.82) is 0 Å². The third-order valence-corrected chi connectivity index (χ3v) is 5.56. The summed E-state index contributed by atoms with van der Waals surface area (Å²) in [5.74, 6) is -0.529. The molecule has 0 radical (unpaired) electrons. The summed E-state index contributed by atoms with van der Waals surface area (Å²) in [5.41, 5.74) is 5.41. The number of nitrogens with zero attached hydrogens (tertiary/aromatic N) is 2. The Labute approximate surface area is 175 Å². The van der Waals surface area contributed by atoms with Crippen LogP contribution in [0.3, 0.4) is 0 Å². The Bertz CT molecular complexity index is 1020. The number of carbonyl (C=O) groups is 3. The van der Waals surface area contributed by atoms with Crippen LogP contribution in [0.2, 0.25) is 0 Å². The lowest BCUT2D eigenvalue weighted by atomic mass is 9.94. The van der Waals surface area contributed by atoms with Gasteiger partial charge in [0.1, 0.15) is 0 Å². The van der Waals surface area contributed by atoms with Crippen LogP contribution < -0.4 is 10.7 Å². The average Bonchev–Trinajstić information content (AvgIpc) is 2.98. The van der Waals surface area contributed by atoms with E-state index < -0.39 is 5.54 Å². The van der Waals surface area contributed by atoms with E-state index in [1.54, 1.807) is 24.3 Å². The molecule has 2 aromatic rings. The second-order valence-corrected chi connectivity index (χ2v) is 8.37. The quantitative estimate of drug-likeness (QED) is 0.750. The lowest BCUT2D eigenvalue weighted by Crippen LogP contribution is -2.51. The van der Waals surface area contributed by atoms with Crippen molar-refractivity contribution in [3.8, 4) is 0 Å². The van der Waals surface area contributed by atoms with Crippen LogP contribution >= 0.6 is 0 Å². The first-order valence-corrected chi connectivity index (χ1v) is 9.96. The zero-order chi connectivity index (χ0) is 21.5. The van der Waals surface area contributed by atoms with Gasteiger partial charge in [0, 0.05) is 24.6 Å². The molecule has 2 heterocycles. The monoisotopic (exact) mass is 404 g/mol. The van der Waals surface area contributed by atoms with E-state index >= 15 is 0 Å². The highest BCUT2D eigenvalue weighted by atomic mass is 16.2. The number of anilines is 1. The summed E-state index contributed by atoms with van der Waals surface area (Å²) in [5, 5.41) is 7.50. The predicted octanol–water partition coefficient (Wildman–Crippen LogP) is 3.03. The number of imide groups is 1. The molecule has 2 N–H and O–H groups in total. The van der Waals surface area contributed by atoms with E-state index in [0.29, 0.717) is 24.1 Å². The summed E-state index contributed by atoms with van der Waals surface area (Å²) in [6.07, 6.45) is 0.424. The number of hydrazone groups is 1. The van der Waals surface area contributed by atoms with Gasteiger partial charge in [0.05, 0.1) is 22.4 Å². The first-order chi connectivity index (χ1) is 14.3. The largest absolute Gasteiger partial charge is 0.383 e. The molecule has 2 aliphatic heterocycles. The molecule has 1 unspecified atom stereocenters. The second-order valence-electron chi connectivity index (χ2n) is 8.37. The molecule has 0 saturated carbocycles. The maximum Gasteiger partial charge on any atom is 0.262 e. The molecule has 3 amide bonds. The first-order valence-electron chi connectivity index (χ1n) is 9.96. The summed E-state index contributed by atoms with van der Waals surface area (Å²) >= 11 is 0. The number of hydrogen-bond acceptors (Lipinski definition) is 5.